The minimum Gasteiger partial charge on any atom is -0.489 e. The Kier molecular flexibility index (Phi) is 5.75. The van der Waals surface area contributed by atoms with Crippen LogP contribution in [0.5, 0.6) is 5.75 Å². The van der Waals surface area contributed by atoms with Gasteiger partial charge in [-0.1, -0.05) is 43.1 Å². The van der Waals surface area contributed by atoms with Crippen LogP contribution < -0.4 is 4.74 Å². The number of ether oxygens (including phenoxy) is 1. The molecule has 1 unspecified atom stereocenters. The lowest BCUT2D eigenvalue weighted by Crippen LogP contribution is -2.55. The summed E-state index contributed by atoms with van der Waals surface area (Å²) in [5.41, 5.74) is 4.52. The normalized spacial score (nSPS) is 22.6. The molecule has 1 spiro atoms. The van der Waals surface area contributed by atoms with E-state index in [4.69, 9.17) is 16.3 Å². The third kappa shape index (κ3) is 4.17. The Morgan fingerprint density at radius 2 is 2.00 bits per heavy atom. The van der Waals surface area contributed by atoms with E-state index in [1.807, 2.05) is 18.2 Å². The molecule has 2 aromatic rings. The monoisotopic (exact) mass is 383 g/mol. The molecule has 1 fully saturated rings. The van der Waals surface area contributed by atoms with Gasteiger partial charge in [0.1, 0.15) is 12.4 Å². The maximum atomic E-state index is 6.07. The van der Waals surface area contributed by atoms with Gasteiger partial charge in [-0.3, -0.25) is 4.90 Å². The van der Waals surface area contributed by atoms with Crippen LogP contribution in [0.25, 0.3) is 0 Å². The SMILES string of the molecule is CCCN1CCCCC12CCc1cc(OCc3cccc(Cl)c3)ccc1C2. The highest BCUT2D eigenvalue weighted by atomic mass is 35.5. The molecule has 1 aliphatic carbocycles. The van der Waals surface area contributed by atoms with Crippen molar-refractivity contribution >= 4 is 11.6 Å². The van der Waals surface area contributed by atoms with Crippen molar-refractivity contribution in [3.63, 3.8) is 0 Å². The molecular weight excluding hydrogens is 354 g/mol. The molecule has 1 saturated heterocycles. The summed E-state index contributed by atoms with van der Waals surface area (Å²) in [6.45, 7) is 5.40. The highest BCUT2D eigenvalue weighted by molar-refractivity contribution is 6.30. The van der Waals surface area contributed by atoms with Gasteiger partial charge in [0.05, 0.1) is 0 Å². The number of likely N-dealkylation sites (tertiary alicyclic amines) is 1. The van der Waals surface area contributed by atoms with Crippen LogP contribution in [0.2, 0.25) is 5.02 Å². The number of piperidine rings is 1. The fourth-order valence-electron chi connectivity index (χ4n) is 4.96. The molecule has 0 radical (unpaired) electrons. The summed E-state index contributed by atoms with van der Waals surface area (Å²) >= 11 is 6.07. The average Bonchev–Trinajstić information content (AvgIpc) is 2.68. The van der Waals surface area contributed by atoms with Gasteiger partial charge in [0, 0.05) is 10.6 Å². The molecule has 0 amide bonds. The molecule has 0 aromatic heterocycles. The summed E-state index contributed by atoms with van der Waals surface area (Å²) in [5.74, 6) is 0.971. The van der Waals surface area contributed by atoms with Gasteiger partial charge in [0.15, 0.2) is 0 Å². The van der Waals surface area contributed by atoms with E-state index in [1.54, 1.807) is 0 Å². The Hall–Kier alpha value is -1.51. The number of fused-ring (bicyclic) bond motifs is 1. The topological polar surface area (TPSA) is 12.5 Å². The first-order chi connectivity index (χ1) is 13.2. The maximum absolute atomic E-state index is 6.07. The largest absolute Gasteiger partial charge is 0.489 e. The first kappa shape index (κ1) is 18.8. The number of halogens is 1. The van der Waals surface area contributed by atoms with Crippen LogP contribution in [-0.4, -0.2) is 23.5 Å². The third-order valence-electron chi connectivity index (χ3n) is 6.34. The first-order valence-corrected chi connectivity index (χ1v) is 10.8. The van der Waals surface area contributed by atoms with Gasteiger partial charge in [-0.15, -0.1) is 0 Å². The van der Waals surface area contributed by atoms with Crippen LogP contribution in [0.1, 0.15) is 55.7 Å². The van der Waals surface area contributed by atoms with E-state index in [2.05, 4.69) is 36.1 Å². The van der Waals surface area contributed by atoms with E-state index >= 15 is 0 Å². The molecule has 27 heavy (non-hydrogen) atoms. The van der Waals surface area contributed by atoms with Gasteiger partial charge in [0.25, 0.3) is 0 Å². The Balaban J connectivity index is 1.46. The number of nitrogens with zero attached hydrogens (tertiary/aromatic N) is 1. The Morgan fingerprint density at radius 3 is 2.85 bits per heavy atom. The van der Waals surface area contributed by atoms with E-state index < -0.39 is 0 Å². The molecule has 1 aliphatic heterocycles. The molecule has 2 aliphatic rings. The van der Waals surface area contributed by atoms with E-state index in [0.29, 0.717) is 12.1 Å². The summed E-state index contributed by atoms with van der Waals surface area (Å²) in [7, 11) is 0. The van der Waals surface area contributed by atoms with Crippen LogP contribution in [-0.2, 0) is 19.4 Å². The standard InChI is InChI=1S/C24H30ClNO/c1-2-13-26-14-4-3-11-24(26)12-10-20-16-23(9-8-21(20)17-24)27-18-19-6-5-7-22(25)15-19/h5-9,15-16H,2-4,10-14,17-18H2,1H3. The first-order valence-electron chi connectivity index (χ1n) is 10.4. The van der Waals surface area contributed by atoms with E-state index in [1.165, 1.54) is 69.2 Å². The van der Waals surface area contributed by atoms with Crippen LogP contribution in [0.15, 0.2) is 42.5 Å². The maximum Gasteiger partial charge on any atom is 0.120 e. The third-order valence-corrected chi connectivity index (χ3v) is 6.57. The lowest BCUT2D eigenvalue weighted by Gasteiger charge is -2.50. The zero-order valence-corrected chi connectivity index (χ0v) is 17.1. The zero-order valence-electron chi connectivity index (χ0n) is 16.3. The van der Waals surface area contributed by atoms with E-state index in [-0.39, 0.29) is 0 Å². The molecule has 4 rings (SSSR count). The second-order valence-electron chi connectivity index (χ2n) is 8.19. The number of aryl methyl sites for hydroxylation is 1. The van der Waals surface area contributed by atoms with Crippen molar-refractivity contribution in [2.45, 2.75) is 64.0 Å². The van der Waals surface area contributed by atoms with Crippen molar-refractivity contribution in [3.05, 3.63) is 64.2 Å². The minimum atomic E-state index is 0.407. The minimum absolute atomic E-state index is 0.407. The molecule has 3 heteroatoms. The van der Waals surface area contributed by atoms with Crippen LogP contribution in [0.4, 0.5) is 0 Å². The Bertz CT molecular complexity index is 788. The van der Waals surface area contributed by atoms with Crippen molar-refractivity contribution in [1.29, 1.82) is 0 Å². The highest BCUT2D eigenvalue weighted by Crippen LogP contribution is 2.40. The molecule has 2 nitrogen and oxygen atoms in total. The van der Waals surface area contributed by atoms with Crippen molar-refractivity contribution < 1.29 is 4.74 Å². The van der Waals surface area contributed by atoms with Gasteiger partial charge in [0.2, 0.25) is 0 Å². The fraction of sp³-hybridized carbons (Fsp3) is 0.500. The Labute approximate surface area is 168 Å². The lowest BCUT2D eigenvalue weighted by atomic mass is 9.72. The van der Waals surface area contributed by atoms with Crippen LogP contribution in [0.3, 0.4) is 0 Å². The molecule has 1 atom stereocenters. The van der Waals surface area contributed by atoms with Gasteiger partial charge >= 0.3 is 0 Å². The van der Waals surface area contributed by atoms with Crippen LogP contribution >= 0.6 is 11.6 Å². The number of benzene rings is 2. The zero-order chi connectivity index (χ0) is 18.7. The van der Waals surface area contributed by atoms with Gasteiger partial charge in [-0.2, -0.15) is 0 Å². The second kappa shape index (κ2) is 8.24. The average molecular weight is 384 g/mol. The number of hydrogen-bond donors (Lipinski definition) is 0. The van der Waals surface area contributed by atoms with E-state index in [9.17, 15) is 0 Å². The summed E-state index contributed by atoms with van der Waals surface area (Å²) in [6, 6.07) is 14.6. The molecule has 1 heterocycles. The number of rotatable bonds is 5. The van der Waals surface area contributed by atoms with Crippen molar-refractivity contribution in [3.8, 4) is 5.75 Å². The molecular formula is C24H30ClNO. The second-order valence-corrected chi connectivity index (χ2v) is 8.63. The summed E-state index contributed by atoms with van der Waals surface area (Å²) < 4.78 is 6.04. The molecule has 0 bridgehead atoms. The molecule has 0 N–H and O–H groups in total. The predicted octanol–water partition coefficient (Wildman–Crippen LogP) is 6.04. The van der Waals surface area contributed by atoms with Gasteiger partial charge in [-0.05, 0) is 92.6 Å². The molecule has 144 valence electrons. The fourth-order valence-corrected chi connectivity index (χ4v) is 5.17. The van der Waals surface area contributed by atoms with Crippen LogP contribution in [0, 0.1) is 0 Å². The van der Waals surface area contributed by atoms with Crippen molar-refractivity contribution in [2.75, 3.05) is 13.1 Å². The summed E-state index contributed by atoms with van der Waals surface area (Å²) in [6.07, 6.45) is 9.03. The van der Waals surface area contributed by atoms with Gasteiger partial charge in [-0.25, -0.2) is 0 Å². The summed E-state index contributed by atoms with van der Waals surface area (Å²) in [4.78, 5) is 2.79. The predicted molar refractivity (Wildman–Crippen MR) is 113 cm³/mol. The number of hydrogen-bond acceptors (Lipinski definition) is 2. The summed E-state index contributed by atoms with van der Waals surface area (Å²) in [5, 5.41) is 0.760. The lowest BCUT2D eigenvalue weighted by molar-refractivity contribution is 0.0340. The smallest absolute Gasteiger partial charge is 0.120 e. The van der Waals surface area contributed by atoms with E-state index in [0.717, 1.165) is 16.3 Å². The highest BCUT2D eigenvalue weighted by Gasteiger charge is 2.40. The molecule has 2 aromatic carbocycles. The Morgan fingerprint density at radius 1 is 1.07 bits per heavy atom. The molecule has 0 saturated carbocycles. The quantitative estimate of drug-likeness (QED) is 0.623. The van der Waals surface area contributed by atoms with Crippen molar-refractivity contribution in [2.24, 2.45) is 0 Å². The van der Waals surface area contributed by atoms with Crippen molar-refractivity contribution in [1.82, 2.24) is 4.90 Å². The van der Waals surface area contributed by atoms with Gasteiger partial charge < -0.3 is 4.74 Å².